The van der Waals surface area contributed by atoms with Crippen LogP contribution in [0.4, 0.5) is 34.5 Å². The van der Waals surface area contributed by atoms with Crippen LogP contribution >= 0.6 is 0 Å². The molecule has 0 aromatic rings. The third-order valence-corrected chi connectivity index (χ3v) is 3.98. The van der Waals surface area contributed by atoms with E-state index in [0.29, 0.717) is 52.6 Å². The zero-order valence-corrected chi connectivity index (χ0v) is 30.5. The molecule has 0 spiro atoms. The van der Waals surface area contributed by atoms with Crippen LogP contribution in [-0.2, 0) is 36.0 Å². The van der Waals surface area contributed by atoms with Crippen LogP contribution in [0, 0.1) is 26.3 Å². The molecular formula is C28H52B2CuF8N4O4. The van der Waals surface area contributed by atoms with E-state index < -0.39 is 14.5 Å². The summed E-state index contributed by atoms with van der Waals surface area (Å²) in [7, 11) is -12.0. The van der Waals surface area contributed by atoms with Gasteiger partial charge in [-0.15, -0.1) is 0 Å². The smallest absolute Gasteiger partial charge is 0.418 e. The fraction of sp³-hybridized carbons (Fsp3) is 0.857. The summed E-state index contributed by atoms with van der Waals surface area (Å²) in [6.45, 7) is 54.0. The fourth-order valence-corrected chi connectivity index (χ4v) is 2.51. The van der Waals surface area contributed by atoms with Gasteiger partial charge >= 0.3 is 31.6 Å². The normalized spacial score (nSPS) is 10.9. The second-order valence-electron chi connectivity index (χ2n) is 11.0. The van der Waals surface area contributed by atoms with Crippen LogP contribution in [0.1, 0.15) is 83.1 Å². The molecule has 0 saturated carbocycles. The summed E-state index contributed by atoms with van der Waals surface area (Å²) in [6, 6.07) is 0. The van der Waals surface area contributed by atoms with Gasteiger partial charge in [-0.05, 0) is 83.1 Å². The number of ether oxygens (including phenoxy) is 4. The van der Waals surface area contributed by atoms with Gasteiger partial charge < -0.3 is 72.9 Å². The number of hydrogen-bond donors (Lipinski definition) is 0. The van der Waals surface area contributed by atoms with Crippen molar-refractivity contribution in [1.29, 1.82) is 0 Å². The van der Waals surface area contributed by atoms with Crippen molar-refractivity contribution in [2.75, 3.05) is 52.6 Å². The molecule has 0 aromatic heterocycles. The Hall–Kier alpha value is -2.11. The van der Waals surface area contributed by atoms with Crippen molar-refractivity contribution in [3.8, 4) is 0 Å². The maximum absolute atomic E-state index is 9.75. The van der Waals surface area contributed by atoms with E-state index in [1.807, 2.05) is 83.1 Å². The second-order valence-corrected chi connectivity index (χ2v) is 11.0. The summed E-state index contributed by atoms with van der Waals surface area (Å²) < 4.78 is 99.0. The molecule has 0 N–H and O–H groups in total. The summed E-state index contributed by atoms with van der Waals surface area (Å²) >= 11 is 0. The van der Waals surface area contributed by atoms with Gasteiger partial charge in [-0.2, -0.15) is 0 Å². The van der Waals surface area contributed by atoms with E-state index in [0.717, 1.165) is 0 Å². The minimum Gasteiger partial charge on any atom is -0.418 e. The zero-order valence-electron chi connectivity index (χ0n) is 29.6. The average Bonchev–Trinajstić information content (AvgIpc) is 2.77. The van der Waals surface area contributed by atoms with E-state index in [-0.39, 0.29) is 39.5 Å². The third kappa shape index (κ3) is 86.2. The monoisotopic (exact) mass is 745 g/mol. The largest absolute Gasteiger partial charge is 2.00 e. The number of hydrogen-bond acceptors (Lipinski definition) is 4. The predicted molar refractivity (Wildman–Crippen MR) is 169 cm³/mol. The van der Waals surface area contributed by atoms with Gasteiger partial charge in [0.1, 0.15) is 22.4 Å². The first-order valence-electron chi connectivity index (χ1n) is 14.1. The van der Waals surface area contributed by atoms with Crippen LogP contribution in [-0.4, -0.2) is 89.5 Å². The third-order valence-electron chi connectivity index (χ3n) is 3.98. The molecule has 0 aliphatic carbocycles. The van der Waals surface area contributed by atoms with Crippen molar-refractivity contribution in [2.45, 2.75) is 105 Å². The molecule has 0 amide bonds. The standard InChI is InChI=1S/4C7H13NO.2BF4.Cu/c4*1-5-9-7(2,3)6-8-4;2*2-1(3,4)5;/h4*5-6H2,1-3H3;;;/q;;;;2*-1;+2. The quantitative estimate of drug-likeness (QED) is 0.114. The van der Waals surface area contributed by atoms with E-state index in [9.17, 15) is 34.5 Å². The Bertz CT molecular complexity index is 756. The molecule has 0 unspecified atom stereocenters. The Morgan fingerprint density at radius 1 is 0.404 bits per heavy atom. The van der Waals surface area contributed by atoms with Gasteiger partial charge in [-0.25, -0.2) is 26.3 Å². The first-order valence-corrected chi connectivity index (χ1v) is 14.1. The molecule has 47 heavy (non-hydrogen) atoms. The van der Waals surface area contributed by atoms with E-state index in [1.54, 1.807) is 0 Å². The topological polar surface area (TPSA) is 54.4 Å². The predicted octanol–water partition coefficient (Wildman–Crippen LogP) is 9.48. The maximum atomic E-state index is 9.75. The molecule has 0 heterocycles. The minimum atomic E-state index is -6.00. The maximum Gasteiger partial charge on any atom is 2.00 e. The zero-order chi connectivity index (χ0) is 38.3. The van der Waals surface area contributed by atoms with Crippen molar-refractivity contribution in [2.24, 2.45) is 0 Å². The van der Waals surface area contributed by atoms with Gasteiger partial charge in [0.15, 0.2) is 0 Å². The molecule has 1 radical (unpaired) electrons. The van der Waals surface area contributed by atoms with Gasteiger partial charge in [-0.1, -0.05) is 0 Å². The molecule has 0 saturated heterocycles. The van der Waals surface area contributed by atoms with Gasteiger partial charge in [0.2, 0.25) is 26.2 Å². The Morgan fingerprint density at radius 2 is 0.511 bits per heavy atom. The van der Waals surface area contributed by atoms with Crippen LogP contribution < -0.4 is 0 Å². The molecule has 0 rings (SSSR count). The van der Waals surface area contributed by atoms with E-state index in [4.69, 9.17) is 45.2 Å². The second kappa shape index (κ2) is 32.4. The van der Waals surface area contributed by atoms with Crippen molar-refractivity contribution >= 4 is 14.5 Å². The van der Waals surface area contributed by atoms with Gasteiger partial charge in [0.05, 0.1) is 0 Å². The summed E-state index contributed by atoms with van der Waals surface area (Å²) in [5, 5.41) is 0. The Labute approximate surface area is 288 Å². The molecule has 0 aromatic carbocycles. The molecule has 8 nitrogen and oxygen atoms in total. The summed E-state index contributed by atoms with van der Waals surface area (Å²) in [4.78, 5) is 13.0. The summed E-state index contributed by atoms with van der Waals surface area (Å²) in [5.74, 6) is 0. The Kier molecular flexibility index (Phi) is 41.6. The molecule has 0 aliphatic heterocycles. The minimum absolute atomic E-state index is 0. The van der Waals surface area contributed by atoms with Crippen LogP contribution in [0.2, 0.25) is 0 Å². The summed E-state index contributed by atoms with van der Waals surface area (Å²) in [6.07, 6.45) is 0. The van der Waals surface area contributed by atoms with Crippen LogP contribution in [0.15, 0.2) is 0 Å². The first-order chi connectivity index (χ1) is 20.5. The van der Waals surface area contributed by atoms with Crippen molar-refractivity contribution in [1.82, 2.24) is 0 Å². The average molecular weight is 746 g/mol. The van der Waals surface area contributed by atoms with Gasteiger partial charge in [0.25, 0.3) is 0 Å². The van der Waals surface area contributed by atoms with Crippen LogP contribution in [0.25, 0.3) is 19.4 Å². The summed E-state index contributed by atoms with van der Waals surface area (Å²) in [5.41, 5.74) is -1.01. The van der Waals surface area contributed by atoms with Gasteiger partial charge in [-0.3, -0.25) is 0 Å². The van der Waals surface area contributed by atoms with E-state index in [1.165, 1.54) is 0 Å². The van der Waals surface area contributed by atoms with E-state index in [2.05, 4.69) is 19.4 Å². The fourth-order valence-electron chi connectivity index (χ4n) is 2.51. The molecule has 281 valence electrons. The van der Waals surface area contributed by atoms with Crippen molar-refractivity contribution < 1.29 is 70.5 Å². The number of halogens is 8. The van der Waals surface area contributed by atoms with Gasteiger partial charge in [0, 0.05) is 26.4 Å². The Balaban J connectivity index is -0.0000000826. The molecule has 0 atom stereocenters. The SMILES string of the molecule is F[B-](F)(F)F.F[B-](F)(F)F.[C-]#[N+]CC(C)(C)OCC.[C-]#[N+]CC(C)(C)OCC.[C-]#[N+]CC(C)(C)OCC.[C-]#[N+]CC(C)(C)OCC.[Cu+2]. The van der Waals surface area contributed by atoms with Crippen LogP contribution in [0.3, 0.4) is 0 Å². The molecule has 0 fully saturated rings. The van der Waals surface area contributed by atoms with Crippen molar-refractivity contribution in [3.05, 3.63) is 45.7 Å². The van der Waals surface area contributed by atoms with E-state index >= 15 is 0 Å². The molecular weight excluding hydrogens is 693 g/mol. The molecule has 0 aliphatic rings. The molecule has 0 bridgehead atoms. The van der Waals surface area contributed by atoms with Crippen molar-refractivity contribution in [3.63, 3.8) is 0 Å². The number of rotatable bonds is 12. The Morgan fingerprint density at radius 3 is 0.574 bits per heavy atom. The molecule has 19 heteroatoms. The van der Waals surface area contributed by atoms with Crippen LogP contribution in [0.5, 0.6) is 0 Å². The number of nitrogens with zero attached hydrogens (tertiary/aromatic N) is 4. The first kappa shape index (κ1) is 60.2.